The molecule has 5 N–H and O–H groups in total. The van der Waals surface area contributed by atoms with Gasteiger partial charge in [-0.05, 0) is 49.4 Å². The van der Waals surface area contributed by atoms with E-state index in [9.17, 15) is 15.0 Å². The van der Waals surface area contributed by atoms with Gasteiger partial charge in [-0.25, -0.2) is 0 Å². The highest BCUT2D eigenvalue weighted by Crippen LogP contribution is 2.22. The van der Waals surface area contributed by atoms with E-state index in [1.807, 2.05) is 18.2 Å². The summed E-state index contributed by atoms with van der Waals surface area (Å²) in [5, 5.41) is 23.2. The van der Waals surface area contributed by atoms with Crippen LogP contribution in [0.15, 0.2) is 48.5 Å². The molecule has 0 fully saturated rings. The summed E-state index contributed by atoms with van der Waals surface area (Å²) in [5.74, 6) is -0.889. The van der Waals surface area contributed by atoms with Gasteiger partial charge in [0.2, 0.25) is 0 Å². The number of benzene rings is 2. The second-order valence-electron chi connectivity index (χ2n) is 6.34. The highest BCUT2D eigenvalue weighted by Gasteiger charge is 2.14. The Bertz CT molecular complexity index is 689. The van der Waals surface area contributed by atoms with Gasteiger partial charge in [0.1, 0.15) is 5.75 Å². The predicted molar refractivity (Wildman–Crippen MR) is 98.4 cm³/mol. The van der Waals surface area contributed by atoms with Gasteiger partial charge in [-0.2, -0.15) is 0 Å². The second kappa shape index (κ2) is 9.20. The molecule has 2 atom stereocenters. The SMILES string of the molecule is CC(CCCc1ccccc1)NCC(O)c1ccc(O)c(C(N)=O)c1. The number of nitrogens with two attached hydrogens (primary N) is 1. The summed E-state index contributed by atoms with van der Waals surface area (Å²) in [6.45, 7) is 2.46. The van der Waals surface area contributed by atoms with Crippen LogP contribution in [0.1, 0.15) is 47.4 Å². The summed E-state index contributed by atoms with van der Waals surface area (Å²) in [5.41, 5.74) is 7.12. The number of rotatable bonds is 9. The zero-order valence-electron chi connectivity index (χ0n) is 14.5. The summed E-state index contributed by atoms with van der Waals surface area (Å²) in [6, 6.07) is 15.0. The lowest BCUT2D eigenvalue weighted by Crippen LogP contribution is -2.30. The van der Waals surface area contributed by atoms with E-state index >= 15 is 0 Å². The van der Waals surface area contributed by atoms with Crippen molar-refractivity contribution in [2.45, 2.75) is 38.3 Å². The molecule has 0 aliphatic carbocycles. The Morgan fingerprint density at radius 2 is 1.92 bits per heavy atom. The topological polar surface area (TPSA) is 95.6 Å². The standard InChI is InChI=1S/C20H26N2O3/c1-14(6-5-9-15-7-3-2-4-8-15)22-13-19(24)16-10-11-18(23)17(12-16)20(21)25/h2-4,7-8,10-12,14,19,22-24H,5-6,9,13H2,1H3,(H2,21,25). The summed E-state index contributed by atoms with van der Waals surface area (Å²) < 4.78 is 0. The van der Waals surface area contributed by atoms with Crippen LogP contribution in [0.2, 0.25) is 0 Å². The Kier molecular flexibility index (Phi) is 6.98. The molecule has 1 amide bonds. The molecule has 2 aromatic carbocycles. The van der Waals surface area contributed by atoms with Gasteiger partial charge in [0.25, 0.3) is 5.91 Å². The normalized spacial score (nSPS) is 13.4. The van der Waals surface area contributed by atoms with Crippen molar-refractivity contribution < 1.29 is 15.0 Å². The molecule has 0 saturated carbocycles. The number of amides is 1. The molecular formula is C20H26N2O3. The number of aryl methyl sites for hydroxylation is 1. The summed E-state index contributed by atoms with van der Waals surface area (Å²) in [6.07, 6.45) is 2.34. The third kappa shape index (κ3) is 5.89. The maximum absolute atomic E-state index is 11.3. The Morgan fingerprint density at radius 3 is 2.60 bits per heavy atom. The number of primary amides is 1. The average Bonchev–Trinajstić information content (AvgIpc) is 2.60. The third-order valence-corrected chi connectivity index (χ3v) is 4.28. The number of hydrogen-bond donors (Lipinski definition) is 4. The van der Waals surface area contributed by atoms with Crippen molar-refractivity contribution in [3.8, 4) is 5.75 Å². The Balaban J connectivity index is 1.78. The van der Waals surface area contributed by atoms with E-state index in [2.05, 4.69) is 24.4 Å². The van der Waals surface area contributed by atoms with Crippen LogP contribution in [-0.2, 0) is 6.42 Å². The molecule has 25 heavy (non-hydrogen) atoms. The van der Waals surface area contributed by atoms with Crippen molar-refractivity contribution in [3.63, 3.8) is 0 Å². The fraction of sp³-hybridized carbons (Fsp3) is 0.350. The molecule has 2 unspecified atom stereocenters. The minimum Gasteiger partial charge on any atom is -0.507 e. The molecular weight excluding hydrogens is 316 g/mol. The van der Waals surface area contributed by atoms with E-state index in [1.165, 1.54) is 17.7 Å². The molecule has 5 nitrogen and oxygen atoms in total. The highest BCUT2D eigenvalue weighted by atomic mass is 16.3. The molecule has 2 aromatic rings. The molecule has 0 saturated heterocycles. The van der Waals surface area contributed by atoms with Crippen molar-refractivity contribution in [2.75, 3.05) is 6.54 Å². The summed E-state index contributed by atoms with van der Waals surface area (Å²) in [4.78, 5) is 11.3. The van der Waals surface area contributed by atoms with Crippen LogP contribution < -0.4 is 11.1 Å². The zero-order valence-corrected chi connectivity index (χ0v) is 14.5. The maximum Gasteiger partial charge on any atom is 0.252 e. The van der Waals surface area contributed by atoms with Crippen LogP contribution >= 0.6 is 0 Å². The van der Waals surface area contributed by atoms with Gasteiger partial charge in [-0.3, -0.25) is 4.79 Å². The highest BCUT2D eigenvalue weighted by molar-refractivity contribution is 5.95. The van der Waals surface area contributed by atoms with Crippen LogP contribution in [0.25, 0.3) is 0 Å². The minimum atomic E-state index is -0.768. The molecule has 0 spiro atoms. The van der Waals surface area contributed by atoms with E-state index in [-0.39, 0.29) is 17.4 Å². The summed E-state index contributed by atoms with van der Waals surface area (Å²) in [7, 11) is 0. The van der Waals surface area contributed by atoms with Crippen LogP contribution in [0.5, 0.6) is 5.75 Å². The molecule has 2 rings (SSSR count). The minimum absolute atomic E-state index is 0.0208. The lowest BCUT2D eigenvalue weighted by molar-refractivity contribution is 0.0997. The van der Waals surface area contributed by atoms with E-state index in [1.54, 1.807) is 6.07 Å². The molecule has 0 aliphatic heterocycles. The van der Waals surface area contributed by atoms with Crippen molar-refractivity contribution in [3.05, 3.63) is 65.2 Å². The van der Waals surface area contributed by atoms with Crippen molar-refractivity contribution >= 4 is 5.91 Å². The predicted octanol–water partition coefficient (Wildman–Crippen LogP) is 2.53. The van der Waals surface area contributed by atoms with Crippen LogP contribution in [0.3, 0.4) is 0 Å². The van der Waals surface area contributed by atoms with Crippen molar-refractivity contribution in [2.24, 2.45) is 5.73 Å². The van der Waals surface area contributed by atoms with Crippen molar-refractivity contribution in [1.29, 1.82) is 0 Å². The summed E-state index contributed by atoms with van der Waals surface area (Å²) >= 11 is 0. The number of hydrogen-bond acceptors (Lipinski definition) is 4. The molecule has 0 bridgehead atoms. The fourth-order valence-corrected chi connectivity index (χ4v) is 2.75. The first-order valence-corrected chi connectivity index (χ1v) is 8.55. The number of aromatic hydroxyl groups is 1. The molecule has 134 valence electrons. The van der Waals surface area contributed by atoms with Crippen LogP contribution in [0.4, 0.5) is 0 Å². The lowest BCUT2D eigenvalue weighted by Gasteiger charge is -2.18. The second-order valence-corrected chi connectivity index (χ2v) is 6.34. The van der Waals surface area contributed by atoms with Crippen LogP contribution in [-0.4, -0.2) is 28.7 Å². The largest absolute Gasteiger partial charge is 0.507 e. The van der Waals surface area contributed by atoms with E-state index in [4.69, 9.17) is 5.73 Å². The molecule has 0 heterocycles. The van der Waals surface area contributed by atoms with Crippen LogP contribution in [0, 0.1) is 0 Å². The van der Waals surface area contributed by atoms with Gasteiger partial charge in [-0.1, -0.05) is 36.4 Å². The van der Waals surface area contributed by atoms with E-state index < -0.39 is 12.0 Å². The Hall–Kier alpha value is -2.37. The Morgan fingerprint density at radius 1 is 1.20 bits per heavy atom. The number of phenols is 1. The van der Waals surface area contributed by atoms with Gasteiger partial charge in [0, 0.05) is 12.6 Å². The third-order valence-electron chi connectivity index (χ3n) is 4.28. The van der Waals surface area contributed by atoms with Gasteiger partial charge >= 0.3 is 0 Å². The zero-order chi connectivity index (χ0) is 18.2. The quantitative estimate of drug-likeness (QED) is 0.563. The van der Waals surface area contributed by atoms with E-state index in [0.717, 1.165) is 19.3 Å². The number of aliphatic hydroxyl groups is 1. The van der Waals surface area contributed by atoms with Gasteiger partial charge in [-0.15, -0.1) is 0 Å². The molecule has 0 aromatic heterocycles. The molecule has 5 heteroatoms. The van der Waals surface area contributed by atoms with Crippen molar-refractivity contribution in [1.82, 2.24) is 5.32 Å². The first-order valence-electron chi connectivity index (χ1n) is 8.55. The lowest BCUT2D eigenvalue weighted by atomic mass is 10.0. The average molecular weight is 342 g/mol. The number of nitrogens with one attached hydrogen (secondary N) is 1. The number of aliphatic hydroxyl groups excluding tert-OH is 1. The fourth-order valence-electron chi connectivity index (χ4n) is 2.75. The first-order chi connectivity index (χ1) is 12.0. The first kappa shape index (κ1) is 19.0. The number of carbonyl (C=O) groups is 1. The van der Waals surface area contributed by atoms with Gasteiger partial charge < -0.3 is 21.3 Å². The van der Waals surface area contributed by atoms with E-state index in [0.29, 0.717) is 12.1 Å². The molecule has 0 aliphatic rings. The smallest absolute Gasteiger partial charge is 0.252 e. The monoisotopic (exact) mass is 342 g/mol. The molecule has 0 radical (unpaired) electrons. The Labute approximate surface area is 148 Å². The number of carbonyl (C=O) groups excluding carboxylic acids is 1. The van der Waals surface area contributed by atoms with Gasteiger partial charge in [0.15, 0.2) is 0 Å². The maximum atomic E-state index is 11.3. The van der Waals surface area contributed by atoms with Gasteiger partial charge in [0.05, 0.1) is 11.7 Å².